The highest BCUT2D eigenvalue weighted by Crippen LogP contribution is 2.47. The molecule has 2 aromatic carbocycles. The minimum Gasteiger partial charge on any atom is -0.410 e. The average Bonchev–Trinajstić information content (AvgIpc) is 3.40. The Kier molecular flexibility index (Phi) is 4.86. The normalized spacial score (nSPS) is 14.1. The Morgan fingerprint density at radius 2 is 1.73 bits per heavy atom. The molecule has 1 aliphatic carbocycles. The summed E-state index contributed by atoms with van der Waals surface area (Å²) in [5.74, 6) is 0.909. The predicted octanol–water partition coefficient (Wildman–Crippen LogP) is 4.74. The topological polar surface area (TPSA) is 69.4 Å². The Morgan fingerprint density at radius 1 is 1.08 bits per heavy atom. The van der Waals surface area contributed by atoms with Gasteiger partial charge in [0.2, 0.25) is 0 Å². The maximum Gasteiger partial charge on any atom is 0.409 e. The van der Waals surface area contributed by atoms with Gasteiger partial charge in [-0.3, -0.25) is 4.79 Å². The second kappa shape index (κ2) is 6.94. The van der Waals surface area contributed by atoms with E-state index >= 15 is 0 Å². The van der Waals surface area contributed by atoms with Gasteiger partial charge in [-0.1, -0.05) is 57.2 Å². The summed E-state index contributed by atoms with van der Waals surface area (Å²) in [5.41, 5.74) is 8.85. The molecular weight excluding hydrogens is 326 g/mol. The zero-order valence-corrected chi connectivity index (χ0v) is 15.5. The van der Waals surface area contributed by atoms with Gasteiger partial charge in [-0.25, -0.2) is 4.79 Å². The summed E-state index contributed by atoms with van der Waals surface area (Å²) in [6, 6.07) is 13.0. The zero-order chi connectivity index (χ0) is 18.9. The molecule has 1 amide bonds. The number of carbonyl (C=O) groups excluding carboxylic acids is 2. The first kappa shape index (κ1) is 18.2. The molecule has 3 rings (SSSR count). The van der Waals surface area contributed by atoms with Crippen molar-refractivity contribution in [2.75, 3.05) is 0 Å². The van der Waals surface area contributed by atoms with Gasteiger partial charge in [0.25, 0.3) is 0 Å². The molecule has 0 saturated heterocycles. The van der Waals surface area contributed by atoms with E-state index in [4.69, 9.17) is 10.5 Å². The predicted molar refractivity (Wildman–Crippen MR) is 102 cm³/mol. The minimum atomic E-state index is -0.863. The van der Waals surface area contributed by atoms with Crippen LogP contribution in [0.25, 0.3) is 0 Å². The molecule has 1 fully saturated rings. The van der Waals surface area contributed by atoms with Gasteiger partial charge in [-0.05, 0) is 41.4 Å². The molecule has 0 bridgehead atoms. The minimum absolute atomic E-state index is 0.00151. The number of carbonyl (C=O) groups is 2. The SMILES string of the molecule is CC(C)(C)c1c(C2CC2)ccc(OC(N)=O)c1CC(=O)c1ccccc1. The third-order valence-electron chi connectivity index (χ3n) is 4.71. The number of rotatable bonds is 5. The molecular formula is C22H25NO3. The molecule has 0 heterocycles. The van der Waals surface area contributed by atoms with Gasteiger partial charge in [-0.15, -0.1) is 0 Å². The van der Waals surface area contributed by atoms with E-state index in [1.54, 1.807) is 18.2 Å². The number of primary amides is 1. The molecule has 0 aromatic heterocycles. The summed E-state index contributed by atoms with van der Waals surface area (Å²) in [6.45, 7) is 6.37. The first-order valence-electron chi connectivity index (χ1n) is 8.99. The summed E-state index contributed by atoms with van der Waals surface area (Å²) in [6.07, 6.45) is 1.63. The van der Waals surface area contributed by atoms with Crippen LogP contribution in [0.1, 0.15) is 66.6 Å². The molecule has 4 nitrogen and oxygen atoms in total. The molecule has 0 atom stereocenters. The van der Waals surface area contributed by atoms with E-state index in [0.29, 0.717) is 17.2 Å². The zero-order valence-electron chi connectivity index (χ0n) is 15.5. The maximum absolute atomic E-state index is 12.9. The van der Waals surface area contributed by atoms with E-state index in [0.717, 1.165) is 24.0 Å². The van der Waals surface area contributed by atoms with E-state index in [9.17, 15) is 9.59 Å². The van der Waals surface area contributed by atoms with Crippen LogP contribution in [0.2, 0.25) is 0 Å². The summed E-state index contributed by atoms with van der Waals surface area (Å²) in [7, 11) is 0. The van der Waals surface area contributed by atoms with E-state index in [1.165, 1.54) is 5.56 Å². The third-order valence-corrected chi connectivity index (χ3v) is 4.71. The molecule has 2 aromatic rings. The van der Waals surface area contributed by atoms with Crippen molar-refractivity contribution in [1.82, 2.24) is 0 Å². The highest BCUT2D eigenvalue weighted by Gasteiger charge is 2.33. The van der Waals surface area contributed by atoms with Crippen molar-refractivity contribution in [3.05, 3.63) is 64.7 Å². The smallest absolute Gasteiger partial charge is 0.409 e. The van der Waals surface area contributed by atoms with Crippen LogP contribution >= 0.6 is 0 Å². The first-order valence-corrected chi connectivity index (χ1v) is 8.99. The van der Waals surface area contributed by atoms with Gasteiger partial charge in [0.15, 0.2) is 5.78 Å². The molecule has 0 aliphatic heterocycles. The lowest BCUT2D eigenvalue weighted by atomic mass is 9.77. The lowest BCUT2D eigenvalue weighted by Gasteiger charge is -2.28. The quantitative estimate of drug-likeness (QED) is 0.791. The van der Waals surface area contributed by atoms with E-state index in [-0.39, 0.29) is 17.6 Å². The van der Waals surface area contributed by atoms with Gasteiger partial charge < -0.3 is 10.5 Å². The fourth-order valence-electron chi connectivity index (χ4n) is 3.53. The van der Waals surface area contributed by atoms with Gasteiger partial charge in [0.05, 0.1) is 0 Å². The lowest BCUT2D eigenvalue weighted by molar-refractivity contribution is 0.0991. The van der Waals surface area contributed by atoms with E-state index in [2.05, 4.69) is 20.8 Å². The summed E-state index contributed by atoms with van der Waals surface area (Å²) in [5, 5.41) is 0. The number of ether oxygens (including phenoxy) is 1. The molecule has 26 heavy (non-hydrogen) atoms. The Morgan fingerprint density at radius 3 is 2.27 bits per heavy atom. The van der Waals surface area contributed by atoms with Crippen molar-refractivity contribution in [1.29, 1.82) is 0 Å². The second-order valence-electron chi connectivity index (χ2n) is 7.92. The van der Waals surface area contributed by atoms with Crippen LogP contribution in [-0.2, 0) is 11.8 Å². The average molecular weight is 351 g/mol. The number of Topliss-reactive ketones (excluding diaryl/α,β-unsaturated/α-hetero) is 1. The van der Waals surface area contributed by atoms with E-state index in [1.807, 2.05) is 24.3 Å². The Labute approximate surface area is 154 Å². The number of amides is 1. The second-order valence-corrected chi connectivity index (χ2v) is 7.92. The highest BCUT2D eigenvalue weighted by molar-refractivity contribution is 5.98. The van der Waals surface area contributed by atoms with Gasteiger partial charge >= 0.3 is 6.09 Å². The Balaban J connectivity index is 2.11. The van der Waals surface area contributed by atoms with Gasteiger partial charge in [0.1, 0.15) is 5.75 Å². The van der Waals surface area contributed by atoms with Crippen LogP contribution in [-0.4, -0.2) is 11.9 Å². The summed E-state index contributed by atoms with van der Waals surface area (Å²) >= 11 is 0. The molecule has 1 saturated carbocycles. The van der Waals surface area contributed by atoms with Crippen LogP contribution in [0.15, 0.2) is 42.5 Å². The monoisotopic (exact) mass is 351 g/mol. The third kappa shape index (κ3) is 3.96. The van der Waals surface area contributed by atoms with Crippen molar-refractivity contribution in [2.24, 2.45) is 5.73 Å². The first-order chi connectivity index (χ1) is 12.3. The fraction of sp³-hybridized carbons (Fsp3) is 0.364. The van der Waals surface area contributed by atoms with Crippen molar-refractivity contribution >= 4 is 11.9 Å². The fourth-order valence-corrected chi connectivity index (χ4v) is 3.53. The van der Waals surface area contributed by atoms with Crippen LogP contribution in [0.3, 0.4) is 0 Å². The molecule has 1 aliphatic rings. The summed E-state index contributed by atoms with van der Waals surface area (Å²) in [4.78, 5) is 24.2. The Bertz CT molecular complexity index is 830. The Hall–Kier alpha value is -2.62. The van der Waals surface area contributed by atoms with Gasteiger partial charge in [-0.2, -0.15) is 0 Å². The molecule has 0 unspecified atom stereocenters. The molecule has 0 radical (unpaired) electrons. The standard InChI is InChI=1S/C22H25NO3/c1-22(2,3)20-16(14-9-10-14)11-12-19(26-21(23)25)17(20)13-18(24)15-7-5-4-6-8-15/h4-8,11-12,14H,9-10,13H2,1-3H3,(H2,23,25). The number of ketones is 1. The van der Waals surface area contributed by atoms with Crippen molar-refractivity contribution in [3.63, 3.8) is 0 Å². The number of hydrogen-bond donors (Lipinski definition) is 1. The van der Waals surface area contributed by atoms with Crippen molar-refractivity contribution < 1.29 is 14.3 Å². The van der Waals surface area contributed by atoms with Crippen LogP contribution in [0.4, 0.5) is 4.79 Å². The number of hydrogen-bond acceptors (Lipinski definition) is 3. The molecule has 2 N–H and O–H groups in total. The molecule has 4 heteroatoms. The lowest BCUT2D eigenvalue weighted by Crippen LogP contribution is -2.23. The van der Waals surface area contributed by atoms with Crippen molar-refractivity contribution in [3.8, 4) is 5.75 Å². The highest BCUT2D eigenvalue weighted by atomic mass is 16.5. The molecule has 136 valence electrons. The van der Waals surface area contributed by atoms with Crippen LogP contribution in [0.5, 0.6) is 5.75 Å². The van der Waals surface area contributed by atoms with Gasteiger partial charge in [0, 0.05) is 17.5 Å². The van der Waals surface area contributed by atoms with Crippen LogP contribution in [0, 0.1) is 0 Å². The molecule has 0 spiro atoms. The van der Waals surface area contributed by atoms with Crippen molar-refractivity contribution in [2.45, 2.75) is 51.4 Å². The summed E-state index contributed by atoms with van der Waals surface area (Å²) < 4.78 is 5.26. The van der Waals surface area contributed by atoms with E-state index < -0.39 is 6.09 Å². The van der Waals surface area contributed by atoms with Crippen LogP contribution < -0.4 is 10.5 Å². The largest absolute Gasteiger partial charge is 0.410 e. The number of nitrogens with two attached hydrogens (primary N) is 1. The number of benzene rings is 2. The maximum atomic E-state index is 12.9.